The number of para-hydroxylation sites is 1. The number of hydrogen-bond donors (Lipinski definition) is 1. The van der Waals surface area contributed by atoms with Gasteiger partial charge in [0.15, 0.2) is 5.13 Å². The summed E-state index contributed by atoms with van der Waals surface area (Å²) < 4.78 is 1.14. The Morgan fingerprint density at radius 1 is 1.43 bits per heavy atom. The molecule has 1 aromatic heterocycles. The van der Waals surface area contributed by atoms with Crippen LogP contribution in [-0.4, -0.2) is 34.6 Å². The van der Waals surface area contributed by atoms with Gasteiger partial charge in [0.25, 0.3) is 0 Å². The van der Waals surface area contributed by atoms with Crippen molar-refractivity contribution in [2.45, 2.75) is 39.3 Å². The molecule has 0 bridgehead atoms. The predicted molar refractivity (Wildman–Crippen MR) is 86.3 cm³/mol. The molecule has 1 unspecified atom stereocenters. The third-order valence-electron chi connectivity index (χ3n) is 2.76. The van der Waals surface area contributed by atoms with Crippen molar-refractivity contribution in [3.05, 3.63) is 24.3 Å². The summed E-state index contributed by atoms with van der Waals surface area (Å²) in [6.07, 6.45) is 0.718. The van der Waals surface area contributed by atoms with Crippen molar-refractivity contribution in [3.63, 3.8) is 0 Å². The number of thiazole rings is 1. The normalized spacial score (nSPS) is 13.1. The van der Waals surface area contributed by atoms with Crippen molar-refractivity contribution in [2.75, 3.05) is 11.9 Å². The van der Waals surface area contributed by atoms with Crippen LogP contribution in [0.25, 0.3) is 10.2 Å². The van der Waals surface area contributed by atoms with Crippen molar-refractivity contribution in [1.82, 2.24) is 10.0 Å². The second kappa shape index (κ2) is 6.41. The molecule has 1 amide bonds. The zero-order valence-electron chi connectivity index (χ0n) is 12.8. The molecule has 0 aliphatic carbocycles. The SMILES string of the molecule is CC(CNc1nc2ccccc2s1)N(C=O)OC(C)(C)C. The number of hydroxylamine groups is 2. The molecule has 0 fully saturated rings. The molecular weight excluding hydrogens is 286 g/mol. The number of rotatable bonds is 6. The highest BCUT2D eigenvalue weighted by Crippen LogP contribution is 2.25. The minimum atomic E-state index is -0.398. The summed E-state index contributed by atoms with van der Waals surface area (Å²) in [5, 5.41) is 5.46. The van der Waals surface area contributed by atoms with Gasteiger partial charge < -0.3 is 5.32 Å². The van der Waals surface area contributed by atoms with Gasteiger partial charge in [0, 0.05) is 6.54 Å². The first-order valence-corrected chi connectivity index (χ1v) is 7.73. The third-order valence-corrected chi connectivity index (χ3v) is 3.75. The number of hydrogen-bond acceptors (Lipinski definition) is 5. The summed E-state index contributed by atoms with van der Waals surface area (Å²) in [4.78, 5) is 21.2. The number of amides is 1. The number of fused-ring (bicyclic) bond motifs is 1. The van der Waals surface area contributed by atoms with Gasteiger partial charge in [0.1, 0.15) is 0 Å². The largest absolute Gasteiger partial charge is 0.359 e. The van der Waals surface area contributed by atoms with Crippen LogP contribution in [0.2, 0.25) is 0 Å². The van der Waals surface area contributed by atoms with Gasteiger partial charge in [0.2, 0.25) is 6.41 Å². The molecule has 114 valence electrons. The van der Waals surface area contributed by atoms with E-state index in [2.05, 4.69) is 10.3 Å². The van der Waals surface area contributed by atoms with Gasteiger partial charge in [0.05, 0.1) is 21.9 Å². The average molecular weight is 307 g/mol. The van der Waals surface area contributed by atoms with E-state index in [1.807, 2.05) is 52.0 Å². The number of nitrogens with zero attached hydrogens (tertiary/aromatic N) is 2. The van der Waals surface area contributed by atoms with E-state index in [1.165, 1.54) is 5.06 Å². The van der Waals surface area contributed by atoms with Crippen LogP contribution >= 0.6 is 11.3 Å². The molecule has 21 heavy (non-hydrogen) atoms. The highest BCUT2D eigenvalue weighted by Gasteiger charge is 2.20. The summed E-state index contributed by atoms with van der Waals surface area (Å²) in [6, 6.07) is 7.91. The van der Waals surface area contributed by atoms with Crippen LogP contribution in [0.5, 0.6) is 0 Å². The maximum atomic E-state index is 11.1. The van der Waals surface area contributed by atoms with Crippen LogP contribution in [-0.2, 0) is 9.63 Å². The second-order valence-corrected chi connectivity index (χ2v) is 6.92. The first-order valence-electron chi connectivity index (χ1n) is 6.91. The molecule has 0 aliphatic heterocycles. The topological polar surface area (TPSA) is 54.5 Å². The molecule has 1 heterocycles. The second-order valence-electron chi connectivity index (χ2n) is 5.89. The van der Waals surface area contributed by atoms with E-state index in [9.17, 15) is 4.79 Å². The van der Waals surface area contributed by atoms with Crippen molar-refractivity contribution in [1.29, 1.82) is 0 Å². The Kier molecular flexibility index (Phi) is 4.80. The fourth-order valence-corrected chi connectivity index (χ4v) is 2.68. The summed E-state index contributed by atoms with van der Waals surface area (Å²) in [6.45, 7) is 8.25. The zero-order valence-corrected chi connectivity index (χ0v) is 13.6. The van der Waals surface area contributed by atoms with Gasteiger partial charge >= 0.3 is 0 Å². The number of benzene rings is 1. The standard InChI is InChI=1S/C15H21N3O2S/c1-11(18(10-19)20-15(2,3)4)9-16-14-17-12-7-5-6-8-13(12)21-14/h5-8,10-11H,9H2,1-4H3,(H,16,17). The molecule has 1 aromatic carbocycles. The number of anilines is 1. The van der Waals surface area contributed by atoms with E-state index in [1.54, 1.807) is 11.3 Å². The lowest BCUT2D eigenvalue weighted by Gasteiger charge is -2.31. The van der Waals surface area contributed by atoms with Crippen molar-refractivity contribution in [3.8, 4) is 0 Å². The molecule has 0 saturated heterocycles. The van der Waals surface area contributed by atoms with Crippen LogP contribution in [0.3, 0.4) is 0 Å². The lowest BCUT2D eigenvalue weighted by Crippen LogP contribution is -2.42. The Morgan fingerprint density at radius 2 is 2.14 bits per heavy atom. The zero-order chi connectivity index (χ0) is 15.5. The lowest BCUT2D eigenvalue weighted by atomic mass is 10.2. The molecule has 0 spiro atoms. The fourth-order valence-electron chi connectivity index (χ4n) is 1.80. The van der Waals surface area contributed by atoms with Crippen molar-refractivity contribution < 1.29 is 9.63 Å². The molecule has 1 atom stereocenters. The highest BCUT2D eigenvalue weighted by atomic mass is 32.1. The van der Waals surface area contributed by atoms with Crippen molar-refractivity contribution in [2.24, 2.45) is 0 Å². The van der Waals surface area contributed by atoms with E-state index >= 15 is 0 Å². The minimum absolute atomic E-state index is 0.0891. The van der Waals surface area contributed by atoms with Crippen LogP contribution in [0.4, 0.5) is 5.13 Å². The Hall–Kier alpha value is -1.66. The maximum Gasteiger partial charge on any atom is 0.233 e. The van der Waals surface area contributed by atoms with E-state index in [-0.39, 0.29) is 6.04 Å². The molecule has 6 heteroatoms. The summed E-state index contributed by atoms with van der Waals surface area (Å²) in [5.41, 5.74) is 0.584. The smallest absolute Gasteiger partial charge is 0.233 e. The summed E-state index contributed by atoms with van der Waals surface area (Å²) in [5.74, 6) is 0. The quantitative estimate of drug-likeness (QED) is 0.657. The van der Waals surface area contributed by atoms with Gasteiger partial charge in [-0.15, -0.1) is 0 Å². The van der Waals surface area contributed by atoms with Crippen LogP contribution < -0.4 is 5.32 Å². The maximum absolute atomic E-state index is 11.1. The van der Waals surface area contributed by atoms with Gasteiger partial charge in [-0.1, -0.05) is 23.5 Å². The molecule has 1 N–H and O–H groups in total. The molecule has 0 aliphatic rings. The predicted octanol–water partition coefficient (Wildman–Crippen LogP) is 3.29. The highest BCUT2D eigenvalue weighted by molar-refractivity contribution is 7.22. The molecule has 0 saturated carbocycles. The number of aromatic nitrogens is 1. The van der Waals surface area contributed by atoms with Gasteiger partial charge in [-0.3, -0.25) is 9.63 Å². The number of carbonyl (C=O) groups excluding carboxylic acids is 1. The van der Waals surface area contributed by atoms with Gasteiger partial charge in [-0.25, -0.2) is 10.0 Å². The first-order chi connectivity index (χ1) is 9.89. The van der Waals surface area contributed by atoms with Crippen LogP contribution in [0.15, 0.2) is 24.3 Å². The van der Waals surface area contributed by atoms with Crippen molar-refractivity contribution >= 4 is 33.1 Å². The Morgan fingerprint density at radius 3 is 2.76 bits per heavy atom. The molecular formula is C15H21N3O2S. The van der Waals surface area contributed by atoms with Crippen LogP contribution in [0, 0.1) is 0 Å². The summed E-state index contributed by atoms with van der Waals surface area (Å²) >= 11 is 1.60. The summed E-state index contributed by atoms with van der Waals surface area (Å²) in [7, 11) is 0. The fraction of sp³-hybridized carbons (Fsp3) is 0.467. The Balaban J connectivity index is 1.96. The average Bonchev–Trinajstić information content (AvgIpc) is 2.84. The molecule has 2 aromatic rings. The molecule has 0 radical (unpaired) electrons. The van der Waals surface area contributed by atoms with Gasteiger partial charge in [-0.05, 0) is 39.8 Å². The van der Waals surface area contributed by atoms with E-state index in [0.29, 0.717) is 6.54 Å². The number of carbonyl (C=O) groups is 1. The van der Waals surface area contributed by atoms with E-state index in [0.717, 1.165) is 21.8 Å². The molecule has 2 rings (SSSR count). The Bertz CT molecular complexity index is 573. The monoisotopic (exact) mass is 307 g/mol. The van der Waals surface area contributed by atoms with E-state index < -0.39 is 5.60 Å². The number of nitrogens with one attached hydrogen (secondary N) is 1. The lowest BCUT2D eigenvalue weighted by molar-refractivity contribution is -0.228. The third kappa shape index (κ3) is 4.41. The minimum Gasteiger partial charge on any atom is -0.359 e. The molecule has 5 nitrogen and oxygen atoms in total. The van der Waals surface area contributed by atoms with Gasteiger partial charge in [-0.2, -0.15) is 0 Å². The van der Waals surface area contributed by atoms with E-state index in [4.69, 9.17) is 4.84 Å². The first kappa shape index (κ1) is 15.7. The van der Waals surface area contributed by atoms with Crippen LogP contribution in [0.1, 0.15) is 27.7 Å². The Labute approximate surface area is 128 Å².